The van der Waals surface area contributed by atoms with Crippen LogP contribution in [0.3, 0.4) is 0 Å². The molecule has 0 N–H and O–H groups in total. The minimum absolute atomic E-state index is 0. The highest BCUT2D eigenvalue weighted by atomic mass is 35.5. The Hall–Kier alpha value is -0.240. The summed E-state index contributed by atoms with van der Waals surface area (Å²) in [4.78, 5) is 0. The van der Waals surface area contributed by atoms with E-state index < -0.39 is 0 Å². The van der Waals surface area contributed by atoms with E-state index in [1.54, 1.807) is 0 Å². The Balaban J connectivity index is 0.00000225. The first-order valence-corrected chi connectivity index (χ1v) is 6.13. The van der Waals surface area contributed by atoms with E-state index in [-0.39, 0.29) is 12.4 Å². The third-order valence-corrected chi connectivity index (χ3v) is 3.84. The van der Waals surface area contributed by atoms with Gasteiger partial charge in [0.15, 0.2) is 0 Å². The molecule has 3 heteroatoms. The Morgan fingerprint density at radius 1 is 1.00 bits per heavy atom. The monoisotopic (exact) mass is 261 g/mol. The average molecular weight is 262 g/mol. The van der Waals surface area contributed by atoms with Crippen molar-refractivity contribution in [1.82, 2.24) is 0 Å². The van der Waals surface area contributed by atoms with Crippen molar-refractivity contribution in [1.29, 1.82) is 0 Å². The molecule has 92 valence electrons. The summed E-state index contributed by atoms with van der Waals surface area (Å²) in [6.45, 7) is 11.3. The van der Waals surface area contributed by atoms with E-state index in [1.807, 2.05) is 12.1 Å². The van der Waals surface area contributed by atoms with Gasteiger partial charge in [-0.2, -0.15) is 0 Å². The van der Waals surface area contributed by atoms with E-state index >= 15 is 0 Å². The topological polar surface area (TPSA) is 0 Å². The number of nitrogens with zero attached hydrogens (tertiary/aromatic N) is 1. The van der Waals surface area contributed by atoms with Gasteiger partial charge in [-0.25, -0.2) is 0 Å². The molecule has 0 fully saturated rings. The van der Waals surface area contributed by atoms with Crippen LogP contribution < -0.4 is 12.4 Å². The van der Waals surface area contributed by atoms with Gasteiger partial charge in [0.1, 0.15) is 6.54 Å². The first-order valence-electron chi connectivity index (χ1n) is 5.76. The molecular weight excluding hydrogens is 241 g/mol. The SMILES string of the molecule is CC[N+](CC)(CC)Cc1ccccc1Cl.[Cl-]. The molecule has 0 aliphatic heterocycles. The maximum Gasteiger partial charge on any atom is 0.106 e. The molecule has 0 aliphatic rings. The summed E-state index contributed by atoms with van der Waals surface area (Å²) in [5.41, 5.74) is 1.27. The van der Waals surface area contributed by atoms with E-state index in [4.69, 9.17) is 11.6 Å². The lowest BCUT2D eigenvalue weighted by atomic mass is 10.1. The molecular formula is C13H21Cl2N. The molecule has 0 spiro atoms. The fourth-order valence-corrected chi connectivity index (χ4v) is 2.19. The minimum Gasteiger partial charge on any atom is -1.00 e. The van der Waals surface area contributed by atoms with Crippen molar-refractivity contribution in [2.24, 2.45) is 0 Å². The lowest BCUT2D eigenvalue weighted by Crippen LogP contribution is -3.00. The van der Waals surface area contributed by atoms with Gasteiger partial charge in [0, 0.05) is 10.6 Å². The molecule has 0 amide bonds. The van der Waals surface area contributed by atoms with E-state index in [0.717, 1.165) is 35.7 Å². The molecule has 0 heterocycles. The summed E-state index contributed by atoms with van der Waals surface area (Å²) in [5, 5.41) is 0.898. The molecule has 1 aromatic rings. The maximum absolute atomic E-state index is 6.19. The van der Waals surface area contributed by atoms with E-state index in [1.165, 1.54) is 5.56 Å². The predicted octanol–water partition coefficient (Wildman–Crippen LogP) is 0.720. The molecule has 1 aromatic carbocycles. The molecule has 0 bridgehead atoms. The van der Waals surface area contributed by atoms with Crippen molar-refractivity contribution in [2.45, 2.75) is 27.3 Å². The van der Waals surface area contributed by atoms with Crippen molar-refractivity contribution < 1.29 is 16.9 Å². The van der Waals surface area contributed by atoms with Crippen LogP contribution in [0.1, 0.15) is 26.3 Å². The van der Waals surface area contributed by atoms with Gasteiger partial charge in [-0.1, -0.05) is 29.8 Å². The quantitative estimate of drug-likeness (QED) is 0.686. The Bertz CT molecular complexity index is 300. The van der Waals surface area contributed by atoms with Crippen LogP contribution in [0.15, 0.2) is 24.3 Å². The van der Waals surface area contributed by atoms with E-state index in [2.05, 4.69) is 32.9 Å². The molecule has 0 saturated carbocycles. The van der Waals surface area contributed by atoms with Gasteiger partial charge in [-0.05, 0) is 26.8 Å². The van der Waals surface area contributed by atoms with Gasteiger partial charge in [-0.3, -0.25) is 0 Å². The molecule has 16 heavy (non-hydrogen) atoms. The Labute approximate surface area is 110 Å². The number of halogens is 2. The minimum atomic E-state index is 0. The molecule has 0 aliphatic carbocycles. The van der Waals surface area contributed by atoms with Crippen molar-refractivity contribution >= 4 is 11.6 Å². The second kappa shape index (κ2) is 7.16. The zero-order chi connectivity index (χ0) is 11.3. The van der Waals surface area contributed by atoms with Gasteiger partial charge in [0.05, 0.1) is 19.6 Å². The van der Waals surface area contributed by atoms with Crippen molar-refractivity contribution in [3.63, 3.8) is 0 Å². The average Bonchev–Trinajstić information content (AvgIpc) is 2.29. The summed E-state index contributed by atoms with van der Waals surface area (Å²) < 4.78 is 1.11. The highest BCUT2D eigenvalue weighted by molar-refractivity contribution is 6.31. The zero-order valence-electron chi connectivity index (χ0n) is 10.3. The number of rotatable bonds is 5. The number of hydrogen-bond acceptors (Lipinski definition) is 0. The van der Waals surface area contributed by atoms with Crippen LogP contribution in [0.5, 0.6) is 0 Å². The van der Waals surface area contributed by atoms with Crippen molar-refractivity contribution in [3.8, 4) is 0 Å². The van der Waals surface area contributed by atoms with Crippen LogP contribution in [0.25, 0.3) is 0 Å². The fourth-order valence-electron chi connectivity index (χ4n) is 1.99. The Kier molecular flexibility index (Phi) is 7.05. The fraction of sp³-hybridized carbons (Fsp3) is 0.538. The van der Waals surface area contributed by atoms with Gasteiger partial charge in [0.25, 0.3) is 0 Å². The first kappa shape index (κ1) is 15.8. The lowest BCUT2D eigenvalue weighted by Gasteiger charge is -2.36. The molecule has 0 saturated heterocycles. The summed E-state index contributed by atoms with van der Waals surface area (Å²) in [6, 6.07) is 8.17. The number of hydrogen-bond donors (Lipinski definition) is 0. The molecule has 0 radical (unpaired) electrons. The van der Waals surface area contributed by atoms with Gasteiger partial charge in [0.2, 0.25) is 0 Å². The molecule has 1 nitrogen and oxygen atoms in total. The Morgan fingerprint density at radius 2 is 1.50 bits per heavy atom. The van der Waals surface area contributed by atoms with Crippen LogP contribution >= 0.6 is 11.6 Å². The smallest absolute Gasteiger partial charge is 0.106 e. The van der Waals surface area contributed by atoms with Crippen LogP contribution in [-0.2, 0) is 6.54 Å². The number of quaternary nitrogens is 1. The third-order valence-electron chi connectivity index (χ3n) is 3.48. The molecule has 1 rings (SSSR count). The second-order valence-electron chi connectivity index (χ2n) is 4.04. The van der Waals surface area contributed by atoms with Gasteiger partial charge < -0.3 is 16.9 Å². The molecule has 0 aromatic heterocycles. The maximum atomic E-state index is 6.19. The van der Waals surface area contributed by atoms with E-state index in [9.17, 15) is 0 Å². The van der Waals surface area contributed by atoms with Crippen molar-refractivity contribution in [2.75, 3.05) is 19.6 Å². The van der Waals surface area contributed by atoms with Crippen LogP contribution in [0, 0.1) is 0 Å². The highest BCUT2D eigenvalue weighted by Crippen LogP contribution is 2.21. The second-order valence-corrected chi connectivity index (χ2v) is 4.45. The summed E-state index contributed by atoms with van der Waals surface area (Å²) in [6.07, 6.45) is 0. The van der Waals surface area contributed by atoms with Crippen LogP contribution in [0.2, 0.25) is 5.02 Å². The lowest BCUT2D eigenvalue weighted by molar-refractivity contribution is -0.936. The predicted molar refractivity (Wildman–Crippen MR) is 67.0 cm³/mol. The number of benzene rings is 1. The van der Waals surface area contributed by atoms with Crippen LogP contribution in [0.4, 0.5) is 0 Å². The third kappa shape index (κ3) is 3.65. The normalized spacial score (nSPS) is 11.0. The Morgan fingerprint density at radius 3 is 1.94 bits per heavy atom. The molecule has 0 atom stereocenters. The summed E-state index contributed by atoms with van der Waals surface area (Å²) in [5.74, 6) is 0. The summed E-state index contributed by atoms with van der Waals surface area (Å²) in [7, 11) is 0. The van der Waals surface area contributed by atoms with Crippen LogP contribution in [-0.4, -0.2) is 24.1 Å². The van der Waals surface area contributed by atoms with Gasteiger partial charge in [-0.15, -0.1) is 0 Å². The largest absolute Gasteiger partial charge is 1.00 e. The zero-order valence-corrected chi connectivity index (χ0v) is 11.9. The van der Waals surface area contributed by atoms with Crippen molar-refractivity contribution in [3.05, 3.63) is 34.9 Å². The van der Waals surface area contributed by atoms with Gasteiger partial charge >= 0.3 is 0 Å². The highest BCUT2D eigenvalue weighted by Gasteiger charge is 2.21. The van der Waals surface area contributed by atoms with E-state index in [0.29, 0.717) is 0 Å². The summed E-state index contributed by atoms with van der Waals surface area (Å²) >= 11 is 6.19. The standard InChI is InChI=1S/C13H21ClN.ClH/c1-4-15(5-2,6-3)11-12-9-7-8-10-13(12)14;/h7-10H,4-6,11H2,1-3H3;1H/q+1;/p-1. The molecule has 0 unspecified atom stereocenters. The first-order chi connectivity index (χ1) is 7.17.